The number of hydrogen-bond acceptors (Lipinski definition) is 3. The van der Waals surface area contributed by atoms with Gasteiger partial charge in [-0.15, -0.1) is 11.6 Å². The zero-order valence-corrected chi connectivity index (χ0v) is 10.6. The van der Waals surface area contributed by atoms with Crippen LogP contribution in [0.4, 0.5) is 0 Å². The normalized spacial score (nSPS) is 9.00. The van der Waals surface area contributed by atoms with Crippen LogP contribution in [0.3, 0.4) is 0 Å². The summed E-state index contributed by atoms with van der Waals surface area (Å²) in [5.74, 6) is 4.90. The lowest BCUT2D eigenvalue weighted by Crippen LogP contribution is -2.24. The predicted octanol–water partition coefficient (Wildman–Crippen LogP) is 1.18. The van der Waals surface area contributed by atoms with Crippen LogP contribution >= 0.6 is 11.6 Å². The number of ether oxygens (including phenoxy) is 1. The first kappa shape index (κ1) is 14.1. The van der Waals surface area contributed by atoms with E-state index in [-0.39, 0.29) is 24.3 Å². The number of hydrogen-bond donors (Lipinski definition) is 1. The molecule has 0 aliphatic heterocycles. The van der Waals surface area contributed by atoms with E-state index in [4.69, 9.17) is 11.6 Å². The monoisotopic (exact) mass is 265 g/mol. The minimum absolute atomic E-state index is 0.0739. The number of halogens is 1. The van der Waals surface area contributed by atoms with Crippen LogP contribution < -0.4 is 5.32 Å². The van der Waals surface area contributed by atoms with E-state index in [0.717, 1.165) is 5.56 Å². The fraction of sp³-hybridized carbons (Fsp3) is 0.231. The van der Waals surface area contributed by atoms with Gasteiger partial charge in [0, 0.05) is 5.56 Å². The number of benzene rings is 1. The number of nitrogens with one attached hydrogen (secondary N) is 1. The van der Waals surface area contributed by atoms with Crippen molar-refractivity contribution >= 4 is 23.5 Å². The van der Waals surface area contributed by atoms with Crippen LogP contribution in [-0.2, 0) is 9.53 Å². The molecule has 1 aromatic rings. The van der Waals surface area contributed by atoms with Gasteiger partial charge >= 0.3 is 5.97 Å². The highest BCUT2D eigenvalue weighted by Gasteiger charge is 2.02. The molecule has 94 valence electrons. The van der Waals surface area contributed by atoms with Gasteiger partial charge in [0.2, 0.25) is 5.91 Å². The van der Waals surface area contributed by atoms with E-state index in [9.17, 15) is 9.59 Å². The molecule has 0 saturated carbocycles. The summed E-state index contributed by atoms with van der Waals surface area (Å²) in [7, 11) is 1.33. The lowest BCUT2D eigenvalue weighted by atomic mass is 10.1. The maximum Gasteiger partial charge on any atom is 0.337 e. The van der Waals surface area contributed by atoms with Gasteiger partial charge in [-0.25, -0.2) is 4.79 Å². The molecule has 0 heterocycles. The van der Waals surface area contributed by atoms with Crippen molar-refractivity contribution in [3.05, 3.63) is 35.4 Å². The Bertz CT molecular complexity index is 485. The largest absolute Gasteiger partial charge is 0.465 e. The Hall–Kier alpha value is -1.99. The molecule has 0 bridgehead atoms. The van der Waals surface area contributed by atoms with Crippen molar-refractivity contribution in [3.63, 3.8) is 0 Å². The number of esters is 1. The van der Waals surface area contributed by atoms with E-state index in [2.05, 4.69) is 21.9 Å². The van der Waals surface area contributed by atoms with Crippen LogP contribution in [-0.4, -0.2) is 31.4 Å². The minimum atomic E-state index is -0.385. The van der Waals surface area contributed by atoms with E-state index in [1.807, 2.05) is 0 Å². The molecule has 0 spiro atoms. The molecule has 1 rings (SSSR count). The van der Waals surface area contributed by atoms with Crippen LogP contribution in [0.5, 0.6) is 0 Å². The zero-order chi connectivity index (χ0) is 13.4. The summed E-state index contributed by atoms with van der Waals surface area (Å²) in [6.45, 7) is 0.240. The van der Waals surface area contributed by atoms with Gasteiger partial charge in [0.05, 0.1) is 19.2 Å². The van der Waals surface area contributed by atoms with Crippen molar-refractivity contribution in [2.24, 2.45) is 0 Å². The van der Waals surface area contributed by atoms with E-state index in [1.54, 1.807) is 24.3 Å². The molecule has 1 amide bonds. The second-order valence-corrected chi connectivity index (χ2v) is 3.55. The maximum atomic E-state index is 11.2. The van der Waals surface area contributed by atoms with E-state index >= 15 is 0 Å². The SMILES string of the molecule is COC(=O)c1ccc(C#CCNC(=O)CCl)cc1. The molecule has 1 N–H and O–H groups in total. The summed E-state index contributed by atoms with van der Waals surface area (Å²) < 4.78 is 4.58. The Morgan fingerprint density at radius 2 is 2.00 bits per heavy atom. The third-order valence-electron chi connectivity index (χ3n) is 2.03. The van der Waals surface area contributed by atoms with Crippen molar-refractivity contribution < 1.29 is 14.3 Å². The van der Waals surface area contributed by atoms with Crippen molar-refractivity contribution in [1.29, 1.82) is 0 Å². The van der Waals surface area contributed by atoms with E-state index in [1.165, 1.54) is 7.11 Å². The lowest BCUT2D eigenvalue weighted by molar-refractivity contribution is -0.118. The Kier molecular flexibility index (Phi) is 5.75. The van der Waals surface area contributed by atoms with Crippen molar-refractivity contribution in [2.75, 3.05) is 19.5 Å². The first-order valence-electron chi connectivity index (χ1n) is 5.17. The number of rotatable bonds is 3. The van der Waals surface area contributed by atoms with Gasteiger partial charge in [-0.1, -0.05) is 11.8 Å². The van der Waals surface area contributed by atoms with E-state index in [0.29, 0.717) is 5.56 Å². The number of methoxy groups -OCH3 is 1. The predicted molar refractivity (Wildman–Crippen MR) is 68.4 cm³/mol. The summed E-state index contributed by atoms with van der Waals surface area (Å²) in [6, 6.07) is 6.69. The molecule has 0 aromatic heterocycles. The Morgan fingerprint density at radius 1 is 1.33 bits per heavy atom. The summed E-state index contributed by atoms with van der Waals surface area (Å²) in [6.07, 6.45) is 0. The smallest absolute Gasteiger partial charge is 0.337 e. The van der Waals surface area contributed by atoms with Gasteiger partial charge in [0.15, 0.2) is 0 Å². The Balaban J connectivity index is 2.56. The molecule has 1 aromatic carbocycles. The van der Waals surface area contributed by atoms with Gasteiger partial charge in [-0.2, -0.15) is 0 Å². The molecule has 0 radical (unpaired) electrons. The average molecular weight is 266 g/mol. The van der Waals surface area contributed by atoms with Gasteiger partial charge in [-0.05, 0) is 24.3 Å². The summed E-state index contributed by atoms with van der Waals surface area (Å²) >= 11 is 5.30. The highest BCUT2D eigenvalue weighted by Crippen LogP contribution is 2.04. The van der Waals surface area contributed by atoms with Crippen molar-refractivity contribution in [3.8, 4) is 11.8 Å². The Morgan fingerprint density at radius 3 is 2.56 bits per heavy atom. The lowest BCUT2D eigenvalue weighted by Gasteiger charge is -1.98. The van der Waals surface area contributed by atoms with Crippen LogP contribution in [0, 0.1) is 11.8 Å². The second-order valence-electron chi connectivity index (χ2n) is 3.28. The number of carbonyl (C=O) groups excluding carboxylic acids is 2. The molecule has 5 heteroatoms. The third kappa shape index (κ3) is 4.48. The summed E-state index contributed by atoms with van der Waals surface area (Å²) in [4.78, 5) is 22.0. The molecule has 0 fully saturated rings. The molecule has 0 atom stereocenters. The fourth-order valence-corrected chi connectivity index (χ4v) is 1.24. The summed E-state index contributed by atoms with van der Waals surface area (Å²) in [5.41, 5.74) is 1.22. The van der Waals surface area contributed by atoms with Crippen molar-refractivity contribution in [1.82, 2.24) is 5.32 Å². The van der Waals surface area contributed by atoms with Crippen LogP contribution in [0.1, 0.15) is 15.9 Å². The summed E-state index contributed by atoms with van der Waals surface area (Å²) in [5, 5.41) is 2.52. The molecule has 0 unspecified atom stereocenters. The van der Waals surface area contributed by atoms with Gasteiger partial charge in [0.25, 0.3) is 0 Å². The van der Waals surface area contributed by atoms with Crippen LogP contribution in [0.15, 0.2) is 24.3 Å². The van der Waals surface area contributed by atoms with E-state index < -0.39 is 0 Å². The van der Waals surface area contributed by atoms with Crippen LogP contribution in [0.2, 0.25) is 0 Å². The highest BCUT2D eigenvalue weighted by molar-refractivity contribution is 6.27. The topological polar surface area (TPSA) is 55.4 Å². The van der Waals surface area contributed by atoms with Gasteiger partial charge < -0.3 is 10.1 Å². The molecule has 4 nitrogen and oxygen atoms in total. The first-order valence-corrected chi connectivity index (χ1v) is 5.70. The third-order valence-corrected chi connectivity index (χ3v) is 2.28. The van der Waals surface area contributed by atoms with Gasteiger partial charge in [-0.3, -0.25) is 4.79 Å². The van der Waals surface area contributed by atoms with Crippen LogP contribution in [0.25, 0.3) is 0 Å². The minimum Gasteiger partial charge on any atom is -0.465 e. The number of carbonyl (C=O) groups is 2. The number of amides is 1. The highest BCUT2D eigenvalue weighted by atomic mass is 35.5. The molecule has 18 heavy (non-hydrogen) atoms. The fourth-order valence-electron chi connectivity index (χ4n) is 1.14. The molecule has 0 aliphatic carbocycles. The molecule has 0 saturated heterocycles. The average Bonchev–Trinajstić information content (AvgIpc) is 2.43. The molecule has 0 aliphatic rings. The standard InChI is InChI=1S/C13H12ClNO3/c1-18-13(17)11-6-4-10(5-7-11)3-2-8-15-12(16)9-14/h4-7H,8-9H2,1H3,(H,15,16). The molecular formula is C13H12ClNO3. The maximum absolute atomic E-state index is 11.2. The second kappa shape index (κ2) is 7.36. The van der Waals surface area contributed by atoms with Crippen molar-refractivity contribution in [2.45, 2.75) is 0 Å². The molecular weight excluding hydrogens is 254 g/mol. The van der Waals surface area contributed by atoms with Gasteiger partial charge in [0.1, 0.15) is 5.88 Å². The zero-order valence-electron chi connectivity index (χ0n) is 9.83. The quantitative estimate of drug-likeness (QED) is 0.507. The first-order chi connectivity index (χ1) is 8.67. The number of alkyl halides is 1. The Labute approximate surface area is 110 Å².